The standard InChI is InChI=1S/C23H22BrN5O5/c1-3-33-20-10-16(12-26-28-22-9-8-18(13-25-22)29(31)32)19(24)11-21(20)34-14-23(30)27-17-6-4-15(2)5-7-17/h4-13H,3,14H2,1-2H3,(H,25,28)(H,27,30)/b26-12+. The number of pyridine rings is 1. The lowest BCUT2D eigenvalue weighted by Crippen LogP contribution is -2.20. The van der Waals surface area contributed by atoms with Gasteiger partial charge in [-0.1, -0.05) is 17.7 Å². The number of nitrogens with zero attached hydrogens (tertiary/aromatic N) is 3. The molecule has 11 heteroatoms. The number of hydrogen-bond donors (Lipinski definition) is 2. The highest BCUT2D eigenvalue weighted by Crippen LogP contribution is 2.33. The van der Waals surface area contributed by atoms with Crippen molar-refractivity contribution in [2.45, 2.75) is 13.8 Å². The van der Waals surface area contributed by atoms with Crippen LogP contribution in [0.2, 0.25) is 0 Å². The second-order valence-corrected chi connectivity index (χ2v) is 7.84. The summed E-state index contributed by atoms with van der Waals surface area (Å²) in [7, 11) is 0. The van der Waals surface area contributed by atoms with Crippen LogP contribution in [0.4, 0.5) is 17.2 Å². The van der Waals surface area contributed by atoms with Crippen molar-refractivity contribution in [1.82, 2.24) is 4.98 Å². The number of nitro groups is 1. The van der Waals surface area contributed by atoms with Crippen molar-refractivity contribution in [1.29, 1.82) is 0 Å². The quantitative estimate of drug-likeness (QED) is 0.217. The normalized spacial score (nSPS) is 10.7. The molecule has 3 rings (SSSR count). The van der Waals surface area contributed by atoms with Gasteiger partial charge in [-0.15, -0.1) is 0 Å². The minimum Gasteiger partial charge on any atom is -0.490 e. The summed E-state index contributed by atoms with van der Waals surface area (Å²) in [6.07, 6.45) is 2.67. The van der Waals surface area contributed by atoms with Crippen LogP contribution in [-0.2, 0) is 4.79 Å². The van der Waals surface area contributed by atoms with E-state index in [0.29, 0.717) is 39.6 Å². The van der Waals surface area contributed by atoms with Gasteiger partial charge in [0.25, 0.3) is 11.6 Å². The fourth-order valence-electron chi connectivity index (χ4n) is 2.74. The topological polar surface area (TPSA) is 128 Å². The second-order valence-electron chi connectivity index (χ2n) is 6.99. The van der Waals surface area contributed by atoms with Crippen molar-refractivity contribution in [2.75, 3.05) is 24.0 Å². The zero-order chi connectivity index (χ0) is 24.5. The Kier molecular flexibility index (Phi) is 8.52. The number of rotatable bonds is 10. The van der Waals surface area contributed by atoms with E-state index in [1.165, 1.54) is 18.3 Å². The maximum Gasteiger partial charge on any atom is 0.287 e. The maximum absolute atomic E-state index is 12.3. The number of hydrazone groups is 1. The number of halogens is 1. The molecule has 0 aliphatic carbocycles. The summed E-state index contributed by atoms with van der Waals surface area (Å²) in [6, 6.07) is 13.7. The molecule has 1 amide bonds. The molecule has 0 saturated heterocycles. The Labute approximate surface area is 204 Å². The summed E-state index contributed by atoms with van der Waals surface area (Å²) in [4.78, 5) is 26.4. The van der Waals surface area contributed by atoms with Gasteiger partial charge in [0, 0.05) is 21.8 Å². The molecule has 0 aliphatic rings. The van der Waals surface area contributed by atoms with Crippen LogP contribution in [0.25, 0.3) is 0 Å². The molecule has 0 fully saturated rings. The zero-order valence-corrected chi connectivity index (χ0v) is 20.0. The van der Waals surface area contributed by atoms with Crippen LogP contribution in [0.3, 0.4) is 0 Å². The fourth-order valence-corrected chi connectivity index (χ4v) is 3.16. The predicted molar refractivity (Wildman–Crippen MR) is 133 cm³/mol. The Hall–Kier alpha value is -3.99. The van der Waals surface area contributed by atoms with Gasteiger partial charge >= 0.3 is 0 Å². The van der Waals surface area contributed by atoms with E-state index < -0.39 is 4.92 Å². The van der Waals surface area contributed by atoms with E-state index in [9.17, 15) is 14.9 Å². The third-order valence-corrected chi connectivity index (χ3v) is 5.09. The van der Waals surface area contributed by atoms with Gasteiger partial charge in [0.2, 0.25) is 0 Å². The average molecular weight is 528 g/mol. The molecule has 0 radical (unpaired) electrons. The number of carbonyl (C=O) groups is 1. The van der Waals surface area contributed by atoms with Gasteiger partial charge in [0.15, 0.2) is 18.1 Å². The monoisotopic (exact) mass is 527 g/mol. The van der Waals surface area contributed by atoms with E-state index in [1.54, 1.807) is 12.1 Å². The number of amides is 1. The van der Waals surface area contributed by atoms with E-state index in [0.717, 1.165) is 11.8 Å². The molecule has 0 saturated carbocycles. The molecule has 0 unspecified atom stereocenters. The van der Waals surface area contributed by atoms with Crippen LogP contribution >= 0.6 is 15.9 Å². The largest absolute Gasteiger partial charge is 0.490 e. The predicted octanol–water partition coefficient (Wildman–Crippen LogP) is 4.92. The lowest BCUT2D eigenvalue weighted by molar-refractivity contribution is -0.385. The Morgan fingerprint density at radius 2 is 1.91 bits per heavy atom. The van der Waals surface area contributed by atoms with E-state index in [1.807, 2.05) is 38.1 Å². The van der Waals surface area contributed by atoms with Crippen molar-refractivity contribution in [3.05, 3.63) is 80.4 Å². The molecule has 176 valence electrons. The first-order valence-corrected chi connectivity index (χ1v) is 11.0. The highest BCUT2D eigenvalue weighted by atomic mass is 79.9. The Bertz CT molecular complexity index is 1180. The van der Waals surface area contributed by atoms with E-state index in [4.69, 9.17) is 9.47 Å². The molecule has 0 atom stereocenters. The number of aromatic nitrogens is 1. The maximum atomic E-state index is 12.3. The minimum absolute atomic E-state index is 0.109. The van der Waals surface area contributed by atoms with Crippen molar-refractivity contribution in [3.63, 3.8) is 0 Å². The van der Waals surface area contributed by atoms with Gasteiger partial charge in [0.05, 0.1) is 17.7 Å². The summed E-state index contributed by atoms with van der Waals surface area (Å²) in [5.74, 6) is 0.897. The first-order valence-electron chi connectivity index (χ1n) is 10.2. The van der Waals surface area contributed by atoms with E-state index in [-0.39, 0.29) is 18.2 Å². The molecule has 3 aromatic rings. The number of carbonyl (C=O) groups excluding carboxylic acids is 1. The second kappa shape index (κ2) is 11.8. The van der Waals surface area contributed by atoms with Gasteiger partial charge in [-0.05, 0) is 60.1 Å². The Morgan fingerprint density at radius 1 is 1.18 bits per heavy atom. The van der Waals surface area contributed by atoms with Crippen LogP contribution < -0.4 is 20.2 Å². The van der Waals surface area contributed by atoms with Gasteiger partial charge in [-0.2, -0.15) is 5.10 Å². The molecule has 1 aromatic heterocycles. The lowest BCUT2D eigenvalue weighted by atomic mass is 10.2. The van der Waals surface area contributed by atoms with Gasteiger partial charge in [-0.3, -0.25) is 20.3 Å². The number of ether oxygens (including phenoxy) is 2. The van der Waals surface area contributed by atoms with Crippen molar-refractivity contribution >= 4 is 45.2 Å². The van der Waals surface area contributed by atoms with Gasteiger partial charge in [0.1, 0.15) is 12.0 Å². The summed E-state index contributed by atoms with van der Waals surface area (Å²) >= 11 is 3.47. The smallest absolute Gasteiger partial charge is 0.287 e. The average Bonchev–Trinajstić information content (AvgIpc) is 2.82. The number of nitrogens with one attached hydrogen (secondary N) is 2. The summed E-state index contributed by atoms with van der Waals surface area (Å²) in [5.41, 5.74) is 5.06. The highest BCUT2D eigenvalue weighted by Gasteiger charge is 2.12. The molecular weight excluding hydrogens is 506 g/mol. The number of hydrogen-bond acceptors (Lipinski definition) is 8. The molecule has 2 aromatic carbocycles. The summed E-state index contributed by atoms with van der Waals surface area (Å²) in [5, 5.41) is 17.6. The lowest BCUT2D eigenvalue weighted by Gasteiger charge is -2.14. The first-order chi connectivity index (χ1) is 16.4. The van der Waals surface area contributed by atoms with Gasteiger partial charge in [-0.25, -0.2) is 4.98 Å². The molecule has 2 N–H and O–H groups in total. The first kappa shape index (κ1) is 24.6. The van der Waals surface area contributed by atoms with Crippen molar-refractivity contribution in [3.8, 4) is 11.5 Å². The molecule has 0 aliphatic heterocycles. The van der Waals surface area contributed by atoms with E-state index in [2.05, 4.69) is 36.8 Å². The Morgan fingerprint density at radius 3 is 2.56 bits per heavy atom. The molecule has 0 bridgehead atoms. The third-order valence-electron chi connectivity index (χ3n) is 4.40. The molecule has 0 spiro atoms. The number of aryl methyl sites for hydroxylation is 1. The third kappa shape index (κ3) is 7.01. The molecule has 10 nitrogen and oxygen atoms in total. The molecular formula is C23H22BrN5O5. The number of anilines is 2. The van der Waals surface area contributed by atoms with Crippen molar-refractivity contribution < 1.29 is 19.2 Å². The fraction of sp³-hybridized carbons (Fsp3) is 0.174. The van der Waals surface area contributed by atoms with Crippen LogP contribution in [0.5, 0.6) is 11.5 Å². The van der Waals surface area contributed by atoms with Crippen LogP contribution in [0.15, 0.2) is 64.3 Å². The Balaban J connectivity index is 1.65. The zero-order valence-electron chi connectivity index (χ0n) is 18.4. The van der Waals surface area contributed by atoms with E-state index >= 15 is 0 Å². The van der Waals surface area contributed by atoms with Crippen LogP contribution in [0, 0.1) is 17.0 Å². The van der Waals surface area contributed by atoms with Gasteiger partial charge < -0.3 is 14.8 Å². The SMILES string of the molecule is CCOc1cc(/C=N/Nc2ccc([N+](=O)[O-])cn2)c(Br)cc1OCC(=O)Nc1ccc(C)cc1. The highest BCUT2D eigenvalue weighted by molar-refractivity contribution is 9.10. The molecule has 34 heavy (non-hydrogen) atoms. The van der Waals surface area contributed by atoms with Crippen LogP contribution in [0.1, 0.15) is 18.1 Å². The minimum atomic E-state index is -0.526. The molecule has 1 heterocycles. The van der Waals surface area contributed by atoms with Crippen molar-refractivity contribution in [2.24, 2.45) is 5.10 Å². The number of benzene rings is 2. The summed E-state index contributed by atoms with van der Waals surface area (Å²) in [6.45, 7) is 4.01. The summed E-state index contributed by atoms with van der Waals surface area (Å²) < 4.78 is 12.0. The van der Waals surface area contributed by atoms with Crippen LogP contribution in [-0.4, -0.2) is 35.2 Å².